The van der Waals surface area contributed by atoms with Gasteiger partial charge in [0.25, 0.3) is 5.91 Å². The first-order valence-corrected chi connectivity index (χ1v) is 6.58. The molecular weight excluding hydrogens is 282 g/mol. The quantitative estimate of drug-likeness (QED) is 0.796. The second-order valence-electron chi connectivity index (χ2n) is 4.48. The standard InChI is InChI=1S/C13H16ClN3O3/c1-20-13(19)17-6-4-16(5-7-17)12(18)10-3-2-9(14)8-11(10)15/h2-3,8H,4-7,15H2,1H3. The number of methoxy groups -OCH3 is 1. The number of hydrogen-bond donors (Lipinski definition) is 1. The lowest BCUT2D eigenvalue weighted by molar-refractivity contribution is 0.0600. The number of nitrogens with zero attached hydrogens (tertiary/aromatic N) is 2. The minimum atomic E-state index is -0.372. The van der Waals surface area contributed by atoms with Crippen LogP contribution in [0.4, 0.5) is 10.5 Å². The topological polar surface area (TPSA) is 75.9 Å². The summed E-state index contributed by atoms with van der Waals surface area (Å²) in [6.07, 6.45) is -0.372. The highest BCUT2D eigenvalue weighted by molar-refractivity contribution is 6.31. The van der Waals surface area contributed by atoms with Gasteiger partial charge in [0.05, 0.1) is 12.7 Å². The first kappa shape index (κ1) is 14.5. The van der Waals surface area contributed by atoms with E-state index in [1.165, 1.54) is 7.11 Å². The predicted octanol–water partition coefficient (Wildman–Crippen LogP) is 1.45. The van der Waals surface area contributed by atoms with Crippen LogP contribution in [0, 0.1) is 0 Å². The Bertz CT molecular complexity index is 528. The summed E-state index contributed by atoms with van der Waals surface area (Å²) in [6.45, 7) is 1.81. The fourth-order valence-corrected chi connectivity index (χ4v) is 2.30. The van der Waals surface area contributed by atoms with Crippen LogP contribution < -0.4 is 5.73 Å². The molecule has 0 aliphatic carbocycles. The van der Waals surface area contributed by atoms with Gasteiger partial charge in [0.1, 0.15) is 0 Å². The molecule has 0 spiro atoms. The number of ether oxygens (including phenoxy) is 1. The molecule has 2 rings (SSSR count). The third kappa shape index (κ3) is 2.96. The molecule has 1 aromatic carbocycles. The Kier molecular flexibility index (Phi) is 4.34. The van der Waals surface area contributed by atoms with Crippen LogP contribution in [-0.4, -0.2) is 55.1 Å². The van der Waals surface area contributed by atoms with E-state index >= 15 is 0 Å². The molecule has 1 fully saturated rings. The monoisotopic (exact) mass is 297 g/mol. The summed E-state index contributed by atoms with van der Waals surface area (Å²) in [4.78, 5) is 26.9. The lowest BCUT2D eigenvalue weighted by Crippen LogP contribution is -2.50. The van der Waals surface area contributed by atoms with E-state index in [0.717, 1.165) is 0 Å². The molecule has 2 amide bonds. The lowest BCUT2D eigenvalue weighted by Gasteiger charge is -2.34. The zero-order valence-corrected chi connectivity index (χ0v) is 11.9. The molecule has 1 heterocycles. The second-order valence-corrected chi connectivity index (χ2v) is 4.92. The zero-order valence-electron chi connectivity index (χ0n) is 11.1. The number of carbonyl (C=O) groups excluding carboxylic acids is 2. The normalized spacial score (nSPS) is 15.1. The molecule has 0 unspecified atom stereocenters. The number of nitrogen functional groups attached to an aromatic ring is 1. The average Bonchev–Trinajstić information content (AvgIpc) is 2.46. The Morgan fingerprint density at radius 3 is 2.35 bits per heavy atom. The Morgan fingerprint density at radius 1 is 1.20 bits per heavy atom. The highest BCUT2D eigenvalue weighted by Crippen LogP contribution is 2.20. The molecule has 1 aromatic rings. The number of nitrogens with two attached hydrogens (primary N) is 1. The van der Waals surface area contributed by atoms with Crippen molar-refractivity contribution in [2.45, 2.75) is 0 Å². The molecule has 0 bridgehead atoms. The van der Waals surface area contributed by atoms with Gasteiger partial charge in [0, 0.05) is 36.9 Å². The minimum Gasteiger partial charge on any atom is -0.453 e. The van der Waals surface area contributed by atoms with Crippen molar-refractivity contribution in [2.75, 3.05) is 39.0 Å². The molecule has 0 atom stereocenters. The predicted molar refractivity (Wildman–Crippen MR) is 75.7 cm³/mol. The van der Waals surface area contributed by atoms with Crippen LogP contribution in [0.2, 0.25) is 5.02 Å². The van der Waals surface area contributed by atoms with Crippen molar-refractivity contribution in [3.63, 3.8) is 0 Å². The van der Waals surface area contributed by atoms with Crippen LogP contribution in [-0.2, 0) is 4.74 Å². The molecule has 0 radical (unpaired) electrons. The summed E-state index contributed by atoms with van der Waals surface area (Å²) < 4.78 is 4.65. The van der Waals surface area contributed by atoms with Gasteiger partial charge < -0.3 is 20.3 Å². The van der Waals surface area contributed by atoms with Crippen molar-refractivity contribution in [1.82, 2.24) is 9.80 Å². The lowest BCUT2D eigenvalue weighted by atomic mass is 10.1. The van der Waals surface area contributed by atoms with Crippen molar-refractivity contribution < 1.29 is 14.3 Å². The van der Waals surface area contributed by atoms with Crippen LogP contribution in [0.25, 0.3) is 0 Å². The largest absolute Gasteiger partial charge is 0.453 e. The van der Waals surface area contributed by atoms with E-state index in [4.69, 9.17) is 17.3 Å². The Balaban J connectivity index is 2.03. The van der Waals surface area contributed by atoms with Gasteiger partial charge in [-0.15, -0.1) is 0 Å². The Labute approximate surface area is 122 Å². The molecular formula is C13H16ClN3O3. The maximum absolute atomic E-state index is 12.3. The fraction of sp³-hybridized carbons (Fsp3) is 0.385. The summed E-state index contributed by atoms with van der Waals surface area (Å²) in [6, 6.07) is 4.81. The third-order valence-corrected chi connectivity index (χ3v) is 3.48. The number of anilines is 1. The molecule has 6 nitrogen and oxygen atoms in total. The number of rotatable bonds is 1. The van der Waals surface area contributed by atoms with E-state index in [-0.39, 0.29) is 12.0 Å². The number of amides is 2. The molecule has 1 aliphatic heterocycles. The van der Waals surface area contributed by atoms with E-state index < -0.39 is 0 Å². The summed E-state index contributed by atoms with van der Waals surface area (Å²) >= 11 is 5.81. The van der Waals surface area contributed by atoms with Gasteiger partial charge in [-0.2, -0.15) is 0 Å². The van der Waals surface area contributed by atoms with E-state index in [1.807, 2.05) is 0 Å². The Morgan fingerprint density at radius 2 is 1.80 bits per heavy atom. The summed E-state index contributed by atoms with van der Waals surface area (Å²) in [5, 5.41) is 0.495. The molecule has 1 saturated heterocycles. The maximum atomic E-state index is 12.3. The van der Waals surface area contributed by atoms with Gasteiger partial charge in [-0.25, -0.2) is 4.79 Å². The summed E-state index contributed by atoms with van der Waals surface area (Å²) in [7, 11) is 1.34. The van der Waals surface area contributed by atoms with Crippen LogP contribution in [0.5, 0.6) is 0 Å². The maximum Gasteiger partial charge on any atom is 0.409 e. The van der Waals surface area contributed by atoms with Crippen molar-refractivity contribution in [1.29, 1.82) is 0 Å². The van der Waals surface area contributed by atoms with Crippen molar-refractivity contribution >= 4 is 29.3 Å². The van der Waals surface area contributed by atoms with Gasteiger partial charge in [0.2, 0.25) is 0 Å². The fourth-order valence-electron chi connectivity index (χ4n) is 2.12. The van der Waals surface area contributed by atoms with Crippen molar-refractivity contribution in [3.05, 3.63) is 28.8 Å². The van der Waals surface area contributed by atoms with Crippen LogP contribution in [0.1, 0.15) is 10.4 Å². The minimum absolute atomic E-state index is 0.149. The van der Waals surface area contributed by atoms with E-state index in [2.05, 4.69) is 4.74 Å². The summed E-state index contributed by atoms with van der Waals surface area (Å²) in [5.41, 5.74) is 6.60. The van der Waals surface area contributed by atoms with E-state index in [1.54, 1.807) is 28.0 Å². The van der Waals surface area contributed by atoms with Crippen molar-refractivity contribution in [3.8, 4) is 0 Å². The molecule has 1 aliphatic rings. The molecule has 2 N–H and O–H groups in total. The van der Waals surface area contributed by atoms with Crippen molar-refractivity contribution in [2.24, 2.45) is 0 Å². The first-order chi connectivity index (χ1) is 9.52. The van der Waals surface area contributed by atoms with Gasteiger partial charge in [-0.3, -0.25) is 4.79 Å². The zero-order chi connectivity index (χ0) is 14.7. The molecule has 0 saturated carbocycles. The first-order valence-electron chi connectivity index (χ1n) is 6.20. The Hall–Kier alpha value is -1.95. The number of piperazine rings is 1. The molecule has 20 heavy (non-hydrogen) atoms. The molecule has 7 heteroatoms. The van der Waals surface area contributed by atoms with Crippen LogP contribution >= 0.6 is 11.6 Å². The molecule has 0 aromatic heterocycles. The second kappa shape index (κ2) is 6.00. The smallest absolute Gasteiger partial charge is 0.409 e. The van der Waals surface area contributed by atoms with Gasteiger partial charge in [-0.1, -0.05) is 11.6 Å². The highest BCUT2D eigenvalue weighted by Gasteiger charge is 2.26. The number of hydrogen-bond acceptors (Lipinski definition) is 4. The molecule has 108 valence electrons. The average molecular weight is 298 g/mol. The van der Waals surface area contributed by atoms with Gasteiger partial charge in [-0.05, 0) is 18.2 Å². The third-order valence-electron chi connectivity index (χ3n) is 3.24. The van der Waals surface area contributed by atoms with Gasteiger partial charge >= 0.3 is 6.09 Å². The van der Waals surface area contributed by atoms with E-state index in [0.29, 0.717) is 42.5 Å². The number of halogens is 1. The van der Waals surface area contributed by atoms with E-state index in [9.17, 15) is 9.59 Å². The van der Waals surface area contributed by atoms with Crippen LogP contribution in [0.3, 0.4) is 0 Å². The van der Waals surface area contributed by atoms with Crippen LogP contribution in [0.15, 0.2) is 18.2 Å². The van der Waals surface area contributed by atoms with Gasteiger partial charge in [0.15, 0.2) is 0 Å². The highest BCUT2D eigenvalue weighted by atomic mass is 35.5. The SMILES string of the molecule is COC(=O)N1CCN(C(=O)c2ccc(Cl)cc2N)CC1. The summed E-state index contributed by atoms with van der Waals surface area (Å²) in [5.74, 6) is -0.149. The number of carbonyl (C=O) groups is 2. The number of benzene rings is 1.